The van der Waals surface area contributed by atoms with E-state index in [0.29, 0.717) is 18.4 Å². The highest BCUT2D eigenvalue weighted by Gasteiger charge is 2.24. The SMILES string of the molecule is CC(C)C[C@H](CN)NS(=O)(=O)CC1CCCC1. The van der Waals surface area contributed by atoms with Crippen molar-refractivity contribution in [2.24, 2.45) is 17.6 Å². The minimum absolute atomic E-state index is 0.110. The van der Waals surface area contributed by atoms with Crippen LogP contribution < -0.4 is 10.5 Å². The van der Waals surface area contributed by atoms with Crippen LogP contribution in [0.3, 0.4) is 0 Å². The van der Waals surface area contributed by atoms with Crippen LogP contribution in [0.4, 0.5) is 0 Å². The summed E-state index contributed by atoms with van der Waals surface area (Å²) < 4.78 is 26.7. The van der Waals surface area contributed by atoms with Crippen molar-refractivity contribution in [3.63, 3.8) is 0 Å². The summed E-state index contributed by atoms with van der Waals surface area (Å²) >= 11 is 0. The molecule has 0 heterocycles. The van der Waals surface area contributed by atoms with Gasteiger partial charge in [-0.1, -0.05) is 26.7 Å². The molecule has 0 aromatic carbocycles. The molecule has 3 N–H and O–H groups in total. The summed E-state index contributed by atoms with van der Waals surface area (Å²) in [5.74, 6) is 1.09. The van der Waals surface area contributed by atoms with Crippen molar-refractivity contribution in [1.29, 1.82) is 0 Å². The maximum Gasteiger partial charge on any atom is 0.212 e. The maximum absolute atomic E-state index is 12.0. The molecule has 0 aromatic rings. The van der Waals surface area contributed by atoms with E-state index >= 15 is 0 Å². The number of rotatable bonds is 7. The lowest BCUT2D eigenvalue weighted by Gasteiger charge is -2.20. The van der Waals surface area contributed by atoms with Crippen LogP contribution in [0.2, 0.25) is 0 Å². The monoisotopic (exact) mass is 262 g/mol. The fourth-order valence-corrected chi connectivity index (χ4v) is 4.30. The second kappa shape index (κ2) is 6.71. The Kier molecular flexibility index (Phi) is 5.89. The molecule has 0 spiro atoms. The largest absolute Gasteiger partial charge is 0.329 e. The Morgan fingerprint density at radius 2 is 1.88 bits per heavy atom. The van der Waals surface area contributed by atoms with E-state index in [9.17, 15) is 8.42 Å². The molecule has 0 unspecified atom stereocenters. The van der Waals surface area contributed by atoms with Crippen molar-refractivity contribution < 1.29 is 8.42 Å². The van der Waals surface area contributed by atoms with Gasteiger partial charge in [-0.15, -0.1) is 0 Å². The maximum atomic E-state index is 12.0. The molecular weight excluding hydrogens is 236 g/mol. The van der Waals surface area contributed by atoms with Crippen molar-refractivity contribution in [3.8, 4) is 0 Å². The standard InChI is InChI=1S/C12H26N2O2S/c1-10(2)7-12(8-13)14-17(15,16)9-11-5-3-4-6-11/h10-12,14H,3-9,13H2,1-2H3/t12-/m1/s1. The summed E-state index contributed by atoms with van der Waals surface area (Å²) in [5, 5.41) is 0. The summed E-state index contributed by atoms with van der Waals surface area (Å²) in [6.07, 6.45) is 5.26. The first-order chi connectivity index (χ1) is 7.93. The minimum Gasteiger partial charge on any atom is -0.329 e. The smallest absolute Gasteiger partial charge is 0.212 e. The van der Waals surface area contributed by atoms with Gasteiger partial charge in [0.2, 0.25) is 10.0 Å². The number of nitrogens with two attached hydrogens (primary N) is 1. The van der Waals surface area contributed by atoms with Gasteiger partial charge in [-0.05, 0) is 31.1 Å². The highest BCUT2D eigenvalue weighted by molar-refractivity contribution is 7.89. The highest BCUT2D eigenvalue weighted by atomic mass is 32.2. The molecular formula is C12H26N2O2S. The molecule has 0 saturated heterocycles. The number of nitrogens with one attached hydrogen (secondary N) is 1. The van der Waals surface area contributed by atoms with Gasteiger partial charge in [0.1, 0.15) is 0 Å². The molecule has 0 bridgehead atoms. The van der Waals surface area contributed by atoms with Gasteiger partial charge in [0.25, 0.3) is 0 Å². The van der Waals surface area contributed by atoms with Crippen molar-refractivity contribution >= 4 is 10.0 Å². The number of sulfonamides is 1. The average molecular weight is 262 g/mol. The van der Waals surface area contributed by atoms with E-state index in [-0.39, 0.29) is 11.8 Å². The third-order valence-corrected chi connectivity index (χ3v) is 4.92. The molecule has 0 aliphatic heterocycles. The fraction of sp³-hybridized carbons (Fsp3) is 1.00. The Bertz CT molecular complexity index is 308. The van der Waals surface area contributed by atoms with E-state index < -0.39 is 10.0 Å². The van der Waals surface area contributed by atoms with Crippen LogP contribution in [0, 0.1) is 11.8 Å². The first-order valence-electron chi connectivity index (χ1n) is 6.63. The molecule has 0 radical (unpaired) electrons. The number of hydrogen-bond acceptors (Lipinski definition) is 3. The molecule has 5 heteroatoms. The predicted molar refractivity (Wildman–Crippen MR) is 71.2 cm³/mol. The lowest BCUT2D eigenvalue weighted by atomic mass is 10.1. The summed E-state index contributed by atoms with van der Waals surface area (Å²) in [6.45, 7) is 4.53. The van der Waals surface area contributed by atoms with Gasteiger partial charge in [0.15, 0.2) is 0 Å². The summed E-state index contributed by atoms with van der Waals surface area (Å²) in [6, 6.07) is -0.110. The topological polar surface area (TPSA) is 72.2 Å². The van der Waals surface area contributed by atoms with E-state index in [4.69, 9.17) is 5.73 Å². The van der Waals surface area contributed by atoms with Gasteiger partial charge in [0.05, 0.1) is 5.75 Å². The summed E-state index contributed by atoms with van der Waals surface area (Å²) in [5.41, 5.74) is 5.61. The van der Waals surface area contributed by atoms with E-state index in [1.807, 2.05) is 0 Å². The third kappa shape index (κ3) is 5.84. The Labute approximate surface area is 105 Å². The van der Waals surface area contributed by atoms with Gasteiger partial charge >= 0.3 is 0 Å². The predicted octanol–water partition coefficient (Wildman–Crippen LogP) is 1.47. The van der Waals surface area contributed by atoms with E-state index in [2.05, 4.69) is 18.6 Å². The zero-order valence-electron chi connectivity index (χ0n) is 11.0. The van der Waals surface area contributed by atoms with Crippen molar-refractivity contribution in [2.45, 2.75) is 52.0 Å². The van der Waals surface area contributed by atoms with Crippen molar-refractivity contribution in [3.05, 3.63) is 0 Å². The highest BCUT2D eigenvalue weighted by Crippen LogP contribution is 2.25. The van der Waals surface area contributed by atoms with Crippen molar-refractivity contribution in [2.75, 3.05) is 12.3 Å². The summed E-state index contributed by atoms with van der Waals surface area (Å²) in [4.78, 5) is 0. The fourth-order valence-electron chi connectivity index (χ4n) is 2.55. The molecule has 102 valence electrons. The Hall–Kier alpha value is -0.130. The van der Waals surface area contributed by atoms with Gasteiger partial charge in [-0.25, -0.2) is 13.1 Å². The Balaban J connectivity index is 2.45. The van der Waals surface area contributed by atoms with Crippen LogP contribution >= 0.6 is 0 Å². The normalized spacial score (nSPS) is 20.0. The average Bonchev–Trinajstić information content (AvgIpc) is 2.67. The van der Waals surface area contributed by atoms with Gasteiger partial charge < -0.3 is 5.73 Å². The van der Waals surface area contributed by atoms with Crippen LogP contribution in [-0.4, -0.2) is 26.8 Å². The zero-order valence-corrected chi connectivity index (χ0v) is 11.8. The second-order valence-corrected chi connectivity index (χ2v) is 7.41. The van der Waals surface area contributed by atoms with Gasteiger partial charge in [0, 0.05) is 12.6 Å². The Morgan fingerprint density at radius 3 is 2.35 bits per heavy atom. The van der Waals surface area contributed by atoms with Crippen LogP contribution in [0.15, 0.2) is 0 Å². The molecule has 1 rings (SSSR count). The molecule has 1 aliphatic carbocycles. The van der Waals surface area contributed by atoms with E-state index in [1.54, 1.807) is 0 Å². The molecule has 1 fully saturated rings. The molecule has 4 nitrogen and oxygen atoms in total. The summed E-state index contributed by atoms with van der Waals surface area (Å²) in [7, 11) is -3.15. The minimum atomic E-state index is -3.15. The Morgan fingerprint density at radius 1 is 1.29 bits per heavy atom. The lowest BCUT2D eigenvalue weighted by molar-refractivity contribution is 0.461. The van der Waals surface area contributed by atoms with Crippen LogP contribution in [-0.2, 0) is 10.0 Å². The number of hydrogen-bond donors (Lipinski definition) is 2. The second-order valence-electron chi connectivity index (χ2n) is 5.61. The molecule has 17 heavy (non-hydrogen) atoms. The third-order valence-electron chi connectivity index (χ3n) is 3.32. The first kappa shape index (κ1) is 14.9. The van der Waals surface area contributed by atoms with Crippen LogP contribution in [0.5, 0.6) is 0 Å². The van der Waals surface area contributed by atoms with Gasteiger partial charge in [-0.2, -0.15) is 0 Å². The zero-order chi connectivity index (χ0) is 12.9. The van der Waals surface area contributed by atoms with E-state index in [0.717, 1.165) is 19.3 Å². The molecule has 1 aliphatic rings. The molecule has 0 aromatic heterocycles. The van der Waals surface area contributed by atoms with Crippen LogP contribution in [0.1, 0.15) is 46.0 Å². The lowest BCUT2D eigenvalue weighted by Crippen LogP contribution is -2.42. The first-order valence-corrected chi connectivity index (χ1v) is 8.28. The van der Waals surface area contributed by atoms with Crippen LogP contribution in [0.25, 0.3) is 0 Å². The van der Waals surface area contributed by atoms with Gasteiger partial charge in [-0.3, -0.25) is 0 Å². The van der Waals surface area contributed by atoms with Crippen molar-refractivity contribution in [1.82, 2.24) is 4.72 Å². The molecule has 1 saturated carbocycles. The molecule has 0 amide bonds. The van der Waals surface area contributed by atoms with E-state index in [1.165, 1.54) is 12.8 Å². The molecule has 1 atom stereocenters. The quantitative estimate of drug-likeness (QED) is 0.730.